The van der Waals surface area contributed by atoms with Gasteiger partial charge in [0.15, 0.2) is 5.96 Å². The highest BCUT2D eigenvalue weighted by Gasteiger charge is 2.39. The maximum Gasteiger partial charge on any atom is 0.243 e. The van der Waals surface area contributed by atoms with Crippen molar-refractivity contribution in [2.24, 2.45) is 52.7 Å². The third kappa shape index (κ3) is 33.4. The van der Waals surface area contributed by atoms with Crippen molar-refractivity contribution in [3.05, 3.63) is 84.1 Å². The molecule has 0 aliphatic heterocycles. The summed E-state index contributed by atoms with van der Waals surface area (Å²) in [5.41, 5.74) is 24.8. The molecular weight excluding hydrogens is 1460 g/mol. The van der Waals surface area contributed by atoms with Crippen molar-refractivity contribution in [2.75, 3.05) is 26.2 Å². The van der Waals surface area contributed by atoms with Gasteiger partial charge in [-0.1, -0.05) is 131 Å². The fourth-order valence-electron chi connectivity index (χ4n) is 13.2. The molecule has 0 saturated heterocycles. The summed E-state index contributed by atoms with van der Waals surface area (Å²) in [6.45, 7) is 25.4. The van der Waals surface area contributed by atoms with Crippen LogP contribution in [0.25, 0.3) is 10.9 Å². The number of amides is 13. The van der Waals surface area contributed by atoms with Gasteiger partial charge in [-0.2, -0.15) is 0 Å². The molecule has 0 saturated carbocycles. The van der Waals surface area contributed by atoms with Gasteiger partial charge >= 0.3 is 0 Å². The van der Waals surface area contributed by atoms with Crippen LogP contribution in [0.15, 0.2) is 72.2 Å². The molecule has 0 spiro atoms. The van der Waals surface area contributed by atoms with Gasteiger partial charge in [0.05, 0.1) is 46.7 Å². The Hall–Kier alpha value is -10.3. The number of aliphatic imine (C=N–C) groups is 1. The monoisotopic (exact) mass is 1580 g/mol. The molecule has 2 aromatic heterocycles. The predicted octanol–water partition coefficient (Wildman–Crippen LogP) is 0.732. The fourth-order valence-corrected chi connectivity index (χ4v) is 17.7. The van der Waals surface area contributed by atoms with Crippen LogP contribution in [-0.2, 0) is 88.6 Å². The molecule has 4 aromatic rings. The third-order valence-corrected chi connectivity index (χ3v) is 22.6. The molecule has 0 fully saturated rings. The van der Waals surface area contributed by atoms with E-state index in [0.29, 0.717) is 48.0 Å². The second kappa shape index (κ2) is 45.9. The smallest absolute Gasteiger partial charge is 0.243 e. The molecule has 13 amide bonds. The van der Waals surface area contributed by atoms with Crippen LogP contribution >= 0.6 is 0 Å². The standard InChI is InChI=1S/C78H124N19O14Si/c1-45(2)36-57(69(80)105)92-65(103)40-60(98)67(46(3)4)95-74(110)59(39-51-42-83-44-97(51)14)93-66(104)43-88-75(111)68(47(5)6)96-70(106)48(7)89-73(109)58(38-50-41-87-54-23-16-15-22-53(50)54)94-72(108)56(31-32-61(79)99)91-63(101)26-18-20-34-85-71(107)55(24-21-35-86-76(81)82)90-62(100)25-17-19-33-84-64(102)37-49-27-29-52(30-28-49)112(77(8,9)10)78(11,12)13/h15-16,22-23,27-30,41-42,44-48,55-60,67-68,87,98H,17-21,24-26,31-40,43H2,1-14H3,(H2,79,99)(H2,80,105)(H,84,102)(H,85,107)(H,88,111)(H,89,109)(H,90,100)(H,91,101)(H,92,103)(H,93,104)(H,94,108)(H,95,110)(H,96,106)(H4,81,82,86)/t48-,55-,56-,57-,58-,59-,60-,67?,68-/m0/s1. The van der Waals surface area contributed by atoms with Gasteiger partial charge in [0.25, 0.3) is 0 Å². The molecule has 0 aliphatic rings. The van der Waals surface area contributed by atoms with Gasteiger partial charge in [-0.05, 0) is 103 Å². The zero-order valence-corrected chi connectivity index (χ0v) is 68.6. The minimum atomic E-state index is -1.44. The van der Waals surface area contributed by atoms with Crippen molar-refractivity contribution in [2.45, 2.75) is 251 Å². The molecule has 9 atom stereocenters. The van der Waals surface area contributed by atoms with Gasteiger partial charge in [-0.15, -0.1) is 0 Å². The Bertz CT molecular complexity index is 3830. The first-order chi connectivity index (χ1) is 52.5. The van der Waals surface area contributed by atoms with E-state index in [4.69, 9.17) is 22.9 Å². The molecule has 34 heteroatoms. The second-order valence-corrected chi connectivity index (χ2v) is 36.2. The zero-order chi connectivity index (χ0) is 83.7. The summed E-state index contributed by atoms with van der Waals surface area (Å²) in [4.78, 5) is 186. The molecule has 112 heavy (non-hydrogen) atoms. The van der Waals surface area contributed by atoms with Gasteiger partial charge in [0.2, 0.25) is 76.8 Å². The lowest BCUT2D eigenvalue weighted by atomic mass is 9.95. The number of carbonyl (C=O) groups is 13. The van der Waals surface area contributed by atoms with Crippen molar-refractivity contribution in [1.82, 2.24) is 73.0 Å². The topological polar surface area (TPSA) is 525 Å². The number of H-pyrrole nitrogens is 1. The number of unbranched alkanes of at least 4 members (excludes halogenated alkanes) is 2. The van der Waals surface area contributed by atoms with E-state index in [0.717, 1.165) is 5.56 Å². The summed E-state index contributed by atoms with van der Waals surface area (Å²) < 4.78 is 1.63. The van der Waals surface area contributed by atoms with Crippen molar-refractivity contribution in [1.29, 1.82) is 0 Å². The highest BCUT2D eigenvalue weighted by Crippen LogP contribution is 2.41. The molecule has 0 aliphatic carbocycles. The number of fused-ring (bicyclic) bond motifs is 1. The predicted molar refractivity (Wildman–Crippen MR) is 429 cm³/mol. The number of aryl methyl sites for hydroxylation is 1. The second-order valence-electron chi connectivity index (χ2n) is 31.8. The number of nitrogens with zero attached hydrogens (tertiary/aromatic N) is 3. The minimum absolute atomic E-state index is 0.0166. The molecule has 33 nitrogen and oxygen atoms in total. The summed E-state index contributed by atoms with van der Waals surface area (Å²) in [5.74, 6) is -9.83. The summed E-state index contributed by atoms with van der Waals surface area (Å²) in [5, 5.41) is 43.2. The van der Waals surface area contributed by atoms with Crippen LogP contribution in [0.3, 0.4) is 0 Å². The van der Waals surface area contributed by atoms with Crippen LogP contribution in [0.2, 0.25) is 10.1 Å². The zero-order valence-electron chi connectivity index (χ0n) is 67.6. The number of nitrogens with one attached hydrogen (secondary N) is 12. The van der Waals surface area contributed by atoms with E-state index in [1.54, 1.807) is 69.8 Å². The molecule has 2 aromatic carbocycles. The van der Waals surface area contributed by atoms with Crippen LogP contribution in [0, 0.1) is 17.8 Å². The Kier molecular flexibility index (Phi) is 38.6. The molecule has 1 radical (unpaired) electrons. The lowest BCUT2D eigenvalue weighted by Crippen LogP contribution is -2.59. The molecule has 2 heterocycles. The van der Waals surface area contributed by atoms with Gasteiger partial charge < -0.3 is 96.1 Å². The number of primary amides is 2. The Morgan fingerprint density at radius 1 is 0.562 bits per heavy atom. The number of hydrogen-bond acceptors (Lipinski definition) is 16. The van der Waals surface area contributed by atoms with E-state index < -0.39 is 153 Å². The number of imidazole rings is 1. The van der Waals surface area contributed by atoms with Gasteiger partial charge in [-0.25, -0.2) is 4.98 Å². The van der Waals surface area contributed by atoms with Crippen LogP contribution in [0.4, 0.5) is 0 Å². The van der Waals surface area contributed by atoms with Crippen molar-refractivity contribution < 1.29 is 67.4 Å². The molecule has 619 valence electrons. The number of benzene rings is 2. The molecule has 1 unspecified atom stereocenters. The van der Waals surface area contributed by atoms with Crippen LogP contribution in [-0.4, -0.2) is 192 Å². The lowest BCUT2D eigenvalue weighted by Gasteiger charge is -2.39. The van der Waals surface area contributed by atoms with Crippen LogP contribution in [0.5, 0.6) is 0 Å². The maximum atomic E-state index is 14.5. The van der Waals surface area contributed by atoms with Crippen LogP contribution in [0.1, 0.15) is 184 Å². The van der Waals surface area contributed by atoms with E-state index in [-0.39, 0.29) is 117 Å². The molecule has 21 N–H and O–H groups in total. The first-order valence-corrected chi connectivity index (χ1v) is 40.0. The Morgan fingerprint density at radius 3 is 1.70 bits per heavy atom. The fraction of sp³-hybridized carbons (Fsp3) is 0.603. The van der Waals surface area contributed by atoms with E-state index in [1.807, 2.05) is 26.0 Å². The number of carbonyl (C=O) groups excluding carboxylic acids is 13. The first kappa shape index (κ1) is 94.1. The van der Waals surface area contributed by atoms with Crippen molar-refractivity contribution in [3.63, 3.8) is 0 Å². The minimum Gasteiger partial charge on any atom is -0.390 e. The Balaban J connectivity index is 1.36. The van der Waals surface area contributed by atoms with Crippen molar-refractivity contribution >= 4 is 108 Å². The summed E-state index contributed by atoms with van der Waals surface area (Å²) >= 11 is 0. The number of rotatable bonds is 48. The summed E-state index contributed by atoms with van der Waals surface area (Å²) in [7, 11) is 0.744. The number of aliphatic hydroxyl groups is 1. The van der Waals surface area contributed by atoms with Crippen molar-refractivity contribution in [3.8, 4) is 0 Å². The third-order valence-electron chi connectivity index (χ3n) is 18.7. The molecular formula is C78H124N19O14Si. The van der Waals surface area contributed by atoms with Gasteiger partial charge in [0, 0.05) is 87.8 Å². The van der Waals surface area contributed by atoms with Gasteiger partial charge in [-0.3, -0.25) is 67.3 Å². The summed E-state index contributed by atoms with van der Waals surface area (Å²) in [6.07, 6.45) is 4.33. The Morgan fingerprint density at radius 2 is 1.13 bits per heavy atom. The van der Waals surface area contributed by atoms with E-state index in [2.05, 4.69) is 127 Å². The Labute approximate surface area is 659 Å². The quantitative estimate of drug-likeness (QED) is 0.0125. The normalized spacial score (nSPS) is 14.1. The number of aromatic nitrogens is 3. The number of guanidine groups is 1. The van der Waals surface area contributed by atoms with E-state index in [1.165, 1.54) is 24.6 Å². The van der Waals surface area contributed by atoms with E-state index in [9.17, 15) is 67.4 Å². The van der Waals surface area contributed by atoms with Gasteiger partial charge in [0.1, 0.15) is 42.3 Å². The lowest BCUT2D eigenvalue weighted by molar-refractivity contribution is -0.135. The first-order valence-electron chi connectivity index (χ1n) is 38.5. The molecule has 0 bridgehead atoms. The number of aliphatic hydroxyl groups excluding tert-OH is 1. The average molecular weight is 1580 g/mol. The van der Waals surface area contributed by atoms with E-state index >= 15 is 0 Å². The van der Waals surface area contributed by atoms with Crippen LogP contribution < -0.4 is 86.6 Å². The maximum absolute atomic E-state index is 14.5. The number of nitrogens with two attached hydrogens (primary N) is 4. The largest absolute Gasteiger partial charge is 0.390 e. The highest BCUT2D eigenvalue weighted by molar-refractivity contribution is 6.78. The highest BCUT2D eigenvalue weighted by atomic mass is 28.3. The average Bonchev–Trinajstić information content (AvgIpc) is 1.68. The SMILES string of the molecule is CC(C)C[C@H](NC(=O)C[C@H](O)C(NC(=O)[C@H](Cc1cncn1C)NC(=O)CNC(=O)[C@@H](NC(=O)[C@H](C)NC(=O)[C@H](Cc1c[nH]c2ccccc12)NC(=O)[C@H](CCC(N)=O)NC(=O)CCCCNC(=O)[C@H](CCCN=C(N)N)NC(=O)CCCCNC(=O)Cc1ccc([Si](C(C)(C)C)C(C)(C)C)cc1)C(C)C)C(C)C)C(N)=O. The number of hydrogen-bond donors (Lipinski definition) is 17. The molecule has 4 rings (SSSR count). The number of aromatic amines is 1. The number of para-hydroxylation sites is 1. The summed E-state index contributed by atoms with van der Waals surface area (Å²) in [6, 6.07) is 5.81.